The minimum Gasteiger partial charge on any atom is -0.487 e. The molecule has 0 aromatic heterocycles. The highest BCUT2D eigenvalue weighted by Crippen LogP contribution is 2.36. The number of nitrogens with zero attached hydrogens (tertiary/aromatic N) is 2. The van der Waals surface area contributed by atoms with E-state index >= 15 is 0 Å². The van der Waals surface area contributed by atoms with E-state index in [0.29, 0.717) is 26.9 Å². The van der Waals surface area contributed by atoms with Crippen LogP contribution in [0.3, 0.4) is 0 Å². The molecule has 172 valence electrons. The van der Waals surface area contributed by atoms with E-state index in [1.165, 1.54) is 18.2 Å². The second kappa shape index (κ2) is 10.1. The Hall–Kier alpha value is -3.01. The van der Waals surface area contributed by atoms with E-state index in [1.807, 2.05) is 31.2 Å². The maximum absolute atomic E-state index is 12.4. The number of nitro benzene ring substituents is 1. The van der Waals surface area contributed by atoms with Gasteiger partial charge >= 0.3 is 5.97 Å². The van der Waals surface area contributed by atoms with Crippen LogP contribution >= 0.6 is 43.5 Å². The van der Waals surface area contributed by atoms with Crippen LogP contribution in [0.2, 0.25) is 5.02 Å². The number of ether oxygens (including phenoxy) is 2. The predicted molar refractivity (Wildman–Crippen MR) is 136 cm³/mol. The Kier molecular flexibility index (Phi) is 7.16. The fourth-order valence-corrected chi connectivity index (χ4v) is 4.84. The first kappa shape index (κ1) is 24.1. The Balaban J connectivity index is 1.58. The van der Waals surface area contributed by atoms with E-state index in [2.05, 4.69) is 36.9 Å². The SMILES string of the molecule is Cc1ccccc1COc1c(Br)cc(/C=C2\N=C(c3ccc(Cl)c([N+](=O)[O-])c3)OC2=O)cc1Br. The molecule has 3 aromatic rings. The second-order valence-corrected chi connectivity index (χ2v) is 9.40. The van der Waals surface area contributed by atoms with Crippen molar-refractivity contribution >= 4 is 67.1 Å². The number of nitro groups is 1. The van der Waals surface area contributed by atoms with E-state index < -0.39 is 10.9 Å². The van der Waals surface area contributed by atoms with Gasteiger partial charge in [0.2, 0.25) is 5.90 Å². The zero-order chi connectivity index (χ0) is 24.4. The van der Waals surface area contributed by atoms with Crippen LogP contribution in [0.1, 0.15) is 22.3 Å². The van der Waals surface area contributed by atoms with Crippen LogP contribution in [-0.4, -0.2) is 16.8 Å². The number of carbonyl (C=O) groups is 1. The van der Waals surface area contributed by atoms with E-state index in [1.54, 1.807) is 18.2 Å². The van der Waals surface area contributed by atoms with Gasteiger partial charge in [-0.15, -0.1) is 0 Å². The van der Waals surface area contributed by atoms with Crippen LogP contribution < -0.4 is 4.74 Å². The lowest BCUT2D eigenvalue weighted by Gasteiger charge is -2.12. The zero-order valence-electron chi connectivity index (χ0n) is 17.6. The fraction of sp³-hybridized carbons (Fsp3) is 0.0833. The van der Waals surface area contributed by atoms with E-state index in [-0.39, 0.29) is 27.9 Å². The molecule has 0 saturated carbocycles. The Labute approximate surface area is 216 Å². The smallest absolute Gasteiger partial charge is 0.363 e. The lowest BCUT2D eigenvalue weighted by atomic mass is 10.1. The molecule has 10 heteroatoms. The zero-order valence-corrected chi connectivity index (χ0v) is 21.5. The first-order valence-corrected chi connectivity index (χ1v) is 11.8. The van der Waals surface area contributed by atoms with Gasteiger partial charge in [0.15, 0.2) is 5.70 Å². The molecule has 7 nitrogen and oxygen atoms in total. The van der Waals surface area contributed by atoms with Gasteiger partial charge in [-0.2, -0.15) is 0 Å². The summed E-state index contributed by atoms with van der Waals surface area (Å²) in [5.74, 6) is -0.0795. The van der Waals surface area contributed by atoms with Gasteiger partial charge in [0.25, 0.3) is 5.69 Å². The second-order valence-electron chi connectivity index (χ2n) is 7.29. The molecule has 0 atom stereocenters. The number of aliphatic imine (C=N–C) groups is 1. The lowest BCUT2D eigenvalue weighted by Crippen LogP contribution is -2.06. The molecule has 0 saturated heterocycles. The van der Waals surface area contributed by atoms with Crippen molar-refractivity contribution in [2.45, 2.75) is 13.5 Å². The van der Waals surface area contributed by atoms with E-state index in [0.717, 1.165) is 11.1 Å². The average Bonchev–Trinajstić information content (AvgIpc) is 3.14. The molecule has 34 heavy (non-hydrogen) atoms. The highest BCUT2D eigenvalue weighted by atomic mass is 79.9. The summed E-state index contributed by atoms with van der Waals surface area (Å²) < 4.78 is 12.6. The number of halogens is 3. The summed E-state index contributed by atoms with van der Waals surface area (Å²) in [6.07, 6.45) is 1.56. The summed E-state index contributed by atoms with van der Waals surface area (Å²) in [7, 11) is 0. The summed E-state index contributed by atoms with van der Waals surface area (Å²) in [5, 5.41) is 11.1. The molecule has 3 aromatic carbocycles. The van der Waals surface area contributed by atoms with Crippen molar-refractivity contribution in [2.24, 2.45) is 4.99 Å². The predicted octanol–water partition coefficient (Wildman–Crippen LogP) is 7.01. The molecule has 0 N–H and O–H groups in total. The van der Waals surface area contributed by atoms with Crippen molar-refractivity contribution < 1.29 is 19.2 Å². The van der Waals surface area contributed by atoms with E-state index in [9.17, 15) is 14.9 Å². The van der Waals surface area contributed by atoms with Gasteiger partial charge in [-0.1, -0.05) is 35.9 Å². The van der Waals surface area contributed by atoms with Crippen molar-refractivity contribution in [3.63, 3.8) is 0 Å². The monoisotopic (exact) mass is 604 g/mol. The van der Waals surface area contributed by atoms with Gasteiger partial charge in [0, 0.05) is 11.6 Å². The number of rotatable bonds is 6. The lowest BCUT2D eigenvalue weighted by molar-refractivity contribution is -0.384. The largest absolute Gasteiger partial charge is 0.487 e. The van der Waals surface area contributed by atoms with Gasteiger partial charge < -0.3 is 9.47 Å². The summed E-state index contributed by atoms with van der Waals surface area (Å²) in [6.45, 7) is 2.42. The third-order valence-corrected chi connectivity index (χ3v) is 6.47. The topological polar surface area (TPSA) is 91.0 Å². The average molecular weight is 607 g/mol. The fourth-order valence-electron chi connectivity index (χ4n) is 3.20. The summed E-state index contributed by atoms with van der Waals surface area (Å²) >= 11 is 12.9. The molecule has 0 unspecified atom stereocenters. The van der Waals surface area contributed by atoms with Crippen molar-refractivity contribution in [1.29, 1.82) is 0 Å². The third kappa shape index (κ3) is 5.22. The summed E-state index contributed by atoms with van der Waals surface area (Å²) in [5.41, 5.74) is 2.90. The number of carbonyl (C=O) groups excluding carboxylic acids is 1. The molecule has 0 amide bonds. The van der Waals surface area contributed by atoms with Crippen LogP contribution in [0.5, 0.6) is 5.75 Å². The molecule has 0 aliphatic carbocycles. The quantitative estimate of drug-likeness (QED) is 0.130. The Morgan fingerprint density at radius 2 is 1.85 bits per heavy atom. The van der Waals surface area contributed by atoms with Crippen LogP contribution in [0, 0.1) is 17.0 Å². The minimum atomic E-state index is -0.667. The molecular formula is C24H15Br2ClN2O5. The van der Waals surface area contributed by atoms with Gasteiger partial charge in [0.05, 0.1) is 13.9 Å². The van der Waals surface area contributed by atoms with Gasteiger partial charge in [-0.05, 0) is 85.8 Å². The molecule has 0 fully saturated rings. The van der Waals surface area contributed by atoms with Gasteiger partial charge in [-0.3, -0.25) is 10.1 Å². The minimum absolute atomic E-state index is 0.0196. The van der Waals surface area contributed by atoms with Crippen LogP contribution in [0.4, 0.5) is 5.69 Å². The first-order chi connectivity index (χ1) is 16.2. The summed E-state index contributed by atoms with van der Waals surface area (Å²) in [4.78, 5) is 27.1. The normalized spacial score (nSPS) is 14.2. The van der Waals surface area contributed by atoms with Crippen LogP contribution in [-0.2, 0) is 16.1 Å². The van der Waals surface area contributed by atoms with E-state index in [4.69, 9.17) is 21.1 Å². The molecule has 1 aliphatic rings. The van der Waals surface area contributed by atoms with Crippen molar-refractivity contribution in [3.05, 3.63) is 107 Å². The van der Waals surface area contributed by atoms with Crippen molar-refractivity contribution in [2.75, 3.05) is 0 Å². The molecule has 1 heterocycles. The Morgan fingerprint density at radius 3 is 2.53 bits per heavy atom. The maximum Gasteiger partial charge on any atom is 0.363 e. The number of aryl methyl sites for hydroxylation is 1. The first-order valence-electron chi connectivity index (χ1n) is 9.86. The number of benzene rings is 3. The van der Waals surface area contributed by atoms with Gasteiger partial charge in [0.1, 0.15) is 17.4 Å². The maximum atomic E-state index is 12.4. The highest BCUT2D eigenvalue weighted by molar-refractivity contribution is 9.11. The number of hydrogen-bond acceptors (Lipinski definition) is 6. The van der Waals surface area contributed by atoms with Crippen molar-refractivity contribution in [1.82, 2.24) is 0 Å². The molecule has 0 bridgehead atoms. The molecular weight excluding hydrogens is 592 g/mol. The Bertz CT molecular complexity index is 1360. The molecule has 0 spiro atoms. The van der Waals surface area contributed by atoms with Crippen LogP contribution in [0.15, 0.2) is 74.2 Å². The van der Waals surface area contributed by atoms with Crippen molar-refractivity contribution in [3.8, 4) is 5.75 Å². The highest BCUT2D eigenvalue weighted by Gasteiger charge is 2.26. The number of cyclic esters (lactones) is 1. The number of esters is 1. The Morgan fingerprint density at radius 1 is 1.15 bits per heavy atom. The summed E-state index contributed by atoms with van der Waals surface area (Å²) in [6, 6.07) is 15.6. The molecule has 1 aliphatic heterocycles. The number of hydrogen-bond donors (Lipinski definition) is 0. The molecule has 4 rings (SSSR count). The molecule has 0 radical (unpaired) electrons. The third-order valence-electron chi connectivity index (χ3n) is 4.97. The standard InChI is InChI=1S/C24H15Br2ClN2O5/c1-13-4-2-3-5-16(13)12-33-22-17(25)8-14(9-18(22)26)10-20-24(30)34-23(28-20)15-6-7-19(27)21(11-15)29(31)32/h2-11H,12H2,1H3/b20-10-. The van der Waals surface area contributed by atoms with Gasteiger partial charge in [-0.25, -0.2) is 9.79 Å². The van der Waals surface area contributed by atoms with Crippen LogP contribution in [0.25, 0.3) is 6.08 Å².